The van der Waals surface area contributed by atoms with Crippen LogP contribution in [0.15, 0.2) is 29.3 Å². The molecule has 1 aromatic rings. The molecule has 5 nitrogen and oxygen atoms in total. The lowest BCUT2D eigenvalue weighted by molar-refractivity contribution is -0.133. The number of halogens is 4. The summed E-state index contributed by atoms with van der Waals surface area (Å²) >= 11 is 0. The molecule has 25 heavy (non-hydrogen) atoms. The second-order valence-electron chi connectivity index (χ2n) is 5.55. The van der Waals surface area contributed by atoms with Crippen molar-refractivity contribution in [3.8, 4) is 0 Å². The Kier molecular flexibility index (Phi) is 8.46. The fourth-order valence-electron chi connectivity index (χ4n) is 2.52. The van der Waals surface area contributed by atoms with Gasteiger partial charge in [0.15, 0.2) is 5.96 Å². The Morgan fingerprint density at radius 1 is 1.24 bits per heavy atom. The van der Waals surface area contributed by atoms with Crippen LogP contribution in [0.3, 0.4) is 0 Å². The number of fused-ring (bicyclic) bond motifs is 1. The highest BCUT2D eigenvalue weighted by molar-refractivity contribution is 14.0. The largest absolute Gasteiger partial charge is 0.390 e. The third-order valence-corrected chi connectivity index (χ3v) is 3.81. The van der Waals surface area contributed by atoms with E-state index in [9.17, 15) is 18.0 Å². The van der Waals surface area contributed by atoms with Crippen LogP contribution in [-0.4, -0.2) is 49.6 Å². The number of alkyl halides is 3. The van der Waals surface area contributed by atoms with Crippen molar-refractivity contribution in [2.24, 2.45) is 4.99 Å². The number of amides is 1. The highest BCUT2D eigenvalue weighted by Crippen LogP contribution is 2.19. The monoisotopic (exact) mass is 470 g/mol. The average molecular weight is 470 g/mol. The topological polar surface area (TPSA) is 56.7 Å². The van der Waals surface area contributed by atoms with Crippen LogP contribution < -0.4 is 10.6 Å². The molecule has 1 amide bonds. The zero-order chi connectivity index (χ0) is 17.6. The summed E-state index contributed by atoms with van der Waals surface area (Å²) in [7, 11) is 1.45. The Hall–Kier alpha value is -1.52. The van der Waals surface area contributed by atoms with Gasteiger partial charge >= 0.3 is 6.18 Å². The van der Waals surface area contributed by atoms with Gasteiger partial charge in [0, 0.05) is 26.7 Å². The first-order valence-corrected chi connectivity index (χ1v) is 7.75. The number of hydrogen-bond acceptors (Lipinski definition) is 2. The van der Waals surface area contributed by atoms with Gasteiger partial charge in [0.25, 0.3) is 0 Å². The van der Waals surface area contributed by atoms with Gasteiger partial charge in [-0.25, -0.2) is 0 Å². The SMILES string of the molecule is CN=C(NCCC(F)(F)F)NCC(=O)N1CCc2ccccc2C1.I. The number of carbonyl (C=O) groups excluding carboxylic acids is 1. The third-order valence-electron chi connectivity index (χ3n) is 3.81. The van der Waals surface area contributed by atoms with Crippen LogP contribution in [0.1, 0.15) is 17.5 Å². The Morgan fingerprint density at radius 2 is 1.92 bits per heavy atom. The number of benzene rings is 1. The standard InChI is InChI=1S/C16H21F3N4O.HI/c1-20-15(21-8-7-16(17,18)19)22-10-14(24)23-9-6-12-4-2-3-5-13(12)11-23;/h2-5H,6-11H2,1H3,(H2,20,21,22);1H. The van der Waals surface area contributed by atoms with Gasteiger partial charge in [-0.15, -0.1) is 24.0 Å². The minimum atomic E-state index is -4.22. The van der Waals surface area contributed by atoms with E-state index in [0.29, 0.717) is 13.1 Å². The Bertz CT molecular complexity index is 607. The lowest BCUT2D eigenvalue weighted by Gasteiger charge is -2.29. The van der Waals surface area contributed by atoms with Crippen molar-refractivity contribution in [3.05, 3.63) is 35.4 Å². The zero-order valence-corrected chi connectivity index (χ0v) is 16.2. The molecule has 0 saturated carbocycles. The van der Waals surface area contributed by atoms with Crippen molar-refractivity contribution in [1.82, 2.24) is 15.5 Å². The molecule has 0 radical (unpaired) electrons. The van der Waals surface area contributed by atoms with Gasteiger partial charge in [0.05, 0.1) is 13.0 Å². The summed E-state index contributed by atoms with van der Waals surface area (Å²) in [5.41, 5.74) is 2.38. The van der Waals surface area contributed by atoms with E-state index in [2.05, 4.69) is 21.7 Å². The van der Waals surface area contributed by atoms with E-state index >= 15 is 0 Å². The predicted molar refractivity (Wildman–Crippen MR) is 101 cm³/mol. The Labute approximate surface area is 162 Å². The first kappa shape index (κ1) is 21.5. The van der Waals surface area contributed by atoms with E-state index in [0.717, 1.165) is 12.0 Å². The Morgan fingerprint density at radius 3 is 2.56 bits per heavy atom. The smallest absolute Gasteiger partial charge is 0.356 e. The minimum Gasteiger partial charge on any atom is -0.356 e. The third kappa shape index (κ3) is 7.09. The van der Waals surface area contributed by atoms with Crippen molar-refractivity contribution in [2.45, 2.75) is 25.6 Å². The van der Waals surface area contributed by atoms with Crippen LogP contribution >= 0.6 is 24.0 Å². The molecule has 2 N–H and O–H groups in total. The normalized spacial score (nSPS) is 14.4. The molecule has 1 aliphatic heterocycles. The summed E-state index contributed by atoms with van der Waals surface area (Å²) in [6.07, 6.45) is -4.37. The first-order valence-electron chi connectivity index (χ1n) is 7.75. The second kappa shape index (κ2) is 9.83. The first-order chi connectivity index (χ1) is 11.4. The van der Waals surface area contributed by atoms with Gasteiger partial charge < -0.3 is 15.5 Å². The summed E-state index contributed by atoms with van der Waals surface area (Å²) < 4.78 is 36.4. The van der Waals surface area contributed by atoms with Crippen molar-refractivity contribution in [1.29, 1.82) is 0 Å². The maximum Gasteiger partial charge on any atom is 0.390 e. The molecular formula is C16H22F3IN4O. The van der Waals surface area contributed by atoms with E-state index in [4.69, 9.17) is 0 Å². The van der Waals surface area contributed by atoms with Gasteiger partial charge in [0.2, 0.25) is 5.91 Å². The average Bonchev–Trinajstić information content (AvgIpc) is 2.56. The molecule has 9 heteroatoms. The van der Waals surface area contributed by atoms with E-state index in [1.165, 1.54) is 12.6 Å². The molecule has 2 rings (SSSR count). The zero-order valence-electron chi connectivity index (χ0n) is 13.9. The molecule has 1 aliphatic rings. The van der Waals surface area contributed by atoms with Crippen LogP contribution in [-0.2, 0) is 17.8 Å². The van der Waals surface area contributed by atoms with E-state index < -0.39 is 12.6 Å². The number of carbonyl (C=O) groups is 1. The molecule has 0 aromatic heterocycles. The minimum absolute atomic E-state index is 0. The van der Waals surface area contributed by atoms with Crippen LogP contribution in [0, 0.1) is 0 Å². The van der Waals surface area contributed by atoms with Crippen molar-refractivity contribution in [2.75, 3.05) is 26.7 Å². The molecule has 0 spiro atoms. The van der Waals surface area contributed by atoms with Crippen molar-refractivity contribution >= 4 is 35.8 Å². The maximum atomic E-state index is 12.3. The maximum absolute atomic E-state index is 12.3. The molecule has 0 aliphatic carbocycles. The molecule has 0 fully saturated rings. The van der Waals surface area contributed by atoms with Gasteiger partial charge in [0.1, 0.15) is 0 Å². The Balaban J connectivity index is 0.00000312. The summed E-state index contributed by atoms with van der Waals surface area (Å²) in [4.78, 5) is 17.8. The molecule has 1 aromatic carbocycles. The van der Waals surface area contributed by atoms with Crippen LogP contribution in [0.25, 0.3) is 0 Å². The molecule has 0 unspecified atom stereocenters. The molecule has 0 bridgehead atoms. The van der Waals surface area contributed by atoms with Crippen molar-refractivity contribution < 1.29 is 18.0 Å². The summed E-state index contributed by atoms with van der Waals surface area (Å²) in [6, 6.07) is 7.98. The lowest BCUT2D eigenvalue weighted by Crippen LogP contribution is -2.46. The number of hydrogen-bond donors (Lipinski definition) is 2. The molecule has 0 saturated heterocycles. The number of aliphatic imine (C=N–C) groups is 1. The summed E-state index contributed by atoms with van der Waals surface area (Å²) in [6.45, 7) is 0.900. The highest BCUT2D eigenvalue weighted by Gasteiger charge is 2.26. The van der Waals surface area contributed by atoms with E-state index in [1.807, 2.05) is 18.2 Å². The number of rotatable bonds is 4. The van der Waals surface area contributed by atoms with Crippen LogP contribution in [0.5, 0.6) is 0 Å². The molecule has 1 heterocycles. The molecule has 0 atom stereocenters. The summed E-state index contributed by atoms with van der Waals surface area (Å²) in [5.74, 6) is 0.0771. The quantitative estimate of drug-likeness (QED) is 0.404. The van der Waals surface area contributed by atoms with Gasteiger partial charge in [-0.2, -0.15) is 13.2 Å². The number of nitrogens with one attached hydrogen (secondary N) is 2. The lowest BCUT2D eigenvalue weighted by atomic mass is 10.00. The van der Waals surface area contributed by atoms with E-state index in [-0.39, 0.29) is 48.9 Å². The number of nitrogens with zero attached hydrogens (tertiary/aromatic N) is 2. The van der Waals surface area contributed by atoms with Gasteiger partial charge in [-0.05, 0) is 17.5 Å². The molecular weight excluding hydrogens is 448 g/mol. The van der Waals surface area contributed by atoms with Crippen LogP contribution in [0.4, 0.5) is 13.2 Å². The van der Waals surface area contributed by atoms with Gasteiger partial charge in [-0.1, -0.05) is 24.3 Å². The fourth-order valence-corrected chi connectivity index (χ4v) is 2.52. The predicted octanol–water partition coefficient (Wildman–Crippen LogP) is 2.31. The van der Waals surface area contributed by atoms with Gasteiger partial charge in [-0.3, -0.25) is 9.79 Å². The summed E-state index contributed by atoms with van der Waals surface area (Å²) in [5, 5.41) is 5.31. The van der Waals surface area contributed by atoms with Crippen LogP contribution in [0.2, 0.25) is 0 Å². The number of guanidine groups is 1. The molecule has 140 valence electrons. The van der Waals surface area contributed by atoms with Crippen molar-refractivity contribution in [3.63, 3.8) is 0 Å². The van der Waals surface area contributed by atoms with E-state index in [1.54, 1.807) is 4.90 Å². The second-order valence-corrected chi connectivity index (χ2v) is 5.55. The fraction of sp³-hybridized carbons (Fsp3) is 0.500. The highest BCUT2D eigenvalue weighted by atomic mass is 127.